The summed E-state index contributed by atoms with van der Waals surface area (Å²) in [5.74, 6) is 0.400. The van der Waals surface area contributed by atoms with Crippen molar-refractivity contribution in [3.8, 4) is 0 Å². The lowest BCUT2D eigenvalue weighted by Gasteiger charge is -2.23. The maximum Gasteiger partial charge on any atom is 0.106 e. The van der Waals surface area contributed by atoms with Crippen molar-refractivity contribution in [3.05, 3.63) is 46.4 Å². The van der Waals surface area contributed by atoms with Crippen LogP contribution in [-0.2, 0) is 4.74 Å². The van der Waals surface area contributed by atoms with Crippen molar-refractivity contribution in [2.45, 2.75) is 25.6 Å². The summed E-state index contributed by atoms with van der Waals surface area (Å²) < 4.78 is 6.75. The molecule has 2 nitrogen and oxygen atoms in total. The number of aliphatic hydroxyl groups excluding tert-OH is 1. The Bertz CT molecular complexity index is 596. The fraction of sp³-hybridized carbons (Fsp3) is 0.375. The molecular weight excluding hydrogens is 304 g/mol. The van der Waals surface area contributed by atoms with Crippen LogP contribution in [-0.4, -0.2) is 17.8 Å². The average Bonchev–Trinajstić information content (AvgIpc) is 2.85. The predicted molar refractivity (Wildman–Crippen MR) is 80.1 cm³/mol. The van der Waals surface area contributed by atoms with Crippen molar-refractivity contribution >= 4 is 26.7 Å². The molecule has 0 aliphatic carbocycles. The fourth-order valence-electron chi connectivity index (χ4n) is 2.84. The lowest BCUT2D eigenvalue weighted by molar-refractivity contribution is -0.0171. The van der Waals surface area contributed by atoms with Gasteiger partial charge in [0.05, 0.1) is 6.10 Å². The fourth-order valence-corrected chi connectivity index (χ4v) is 3.32. The summed E-state index contributed by atoms with van der Waals surface area (Å²) in [5.41, 5.74) is 0.956. The Hall–Kier alpha value is -0.900. The molecule has 0 spiro atoms. The van der Waals surface area contributed by atoms with E-state index >= 15 is 0 Å². The number of aliphatic hydroxyl groups is 1. The summed E-state index contributed by atoms with van der Waals surface area (Å²) in [6.45, 7) is 2.89. The van der Waals surface area contributed by atoms with Crippen LogP contribution in [0.3, 0.4) is 0 Å². The van der Waals surface area contributed by atoms with E-state index in [1.54, 1.807) is 0 Å². The van der Waals surface area contributed by atoms with Gasteiger partial charge in [-0.3, -0.25) is 0 Å². The molecule has 2 aromatic rings. The number of hydrogen-bond acceptors (Lipinski definition) is 2. The molecule has 0 saturated carbocycles. The molecule has 1 fully saturated rings. The summed E-state index contributed by atoms with van der Waals surface area (Å²) in [6.07, 6.45) is 0.371. The van der Waals surface area contributed by atoms with Crippen molar-refractivity contribution < 1.29 is 9.84 Å². The molecule has 1 heterocycles. The van der Waals surface area contributed by atoms with Crippen LogP contribution in [0.2, 0.25) is 0 Å². The molecule has 3 heteroatoms. The van der Waals surface area contributed by atoms with Gasteiger partial charge >= 0.3 is 0 Å². The SMILES string of the molecule is CC1CCOC1C(O)c1ccc(Br)c2ccccc12. The van der Waals surface area contributed by atoms with E-state index < -0.39 is 6.10 Å². The Labute approximate surface area is 121 Å². The molecule has 1 saturated heterocycles. The van der Waals surface area contributed by atoms with Gasteiger partial charge in [-0.1, -0.05) is 53.2 Å². The third-order valence-corrected chi connectivity index (χ3v) is 4.67. The predicted octanol–water partition coefficient (Wildman–Crippen LogP) is 4.06. The van der Waals surface area contributed by atoms with Gasteiger partial charge in [0.1, 0.15) is 6.10 Å². The number of benzene rings is 2. The average molecular weight is 321 g/mol. The zero-order valence-electron chi connectivity index (χ0n) is 10.8. The Morgan fingerprint density at radius 3 is 2.63 bits per heavy atom. The first-order valence-corrected chi connectivity index (χ1v) is 7.44. The molecule has 0 amide bonds. The Kier molecular flexibility index (Phi) is 3.61. The molecule has 3 rings (SSSR count). The van der Waals surface area contributed by atoms with Gasteiger partial charge in [0.15, 0.2) is 0 Å². The Balaban J connectivity index is 2.07. The van der Waals surface area contributed by atoms with E-state index in [-0.39, 0.29) is 6.10 Å². The van der Waals surface area contributed by atoms with Gasteiger partial charge in [-0.2, -0.15) is 0 Å². The van der Waals surface area contributed by atoms with Gasteiger partial charge in [0, 0.05) is 11.1 Å². The Morgan fingerprint density at radius 2 is 1.95 bits per heavy atom. The highest BCUT2D eigenvalue weighted by Crippen LogP contribution is 2.36. The monoisotopic (exact) mass is 320 g/mol. The van der Waals surface area contributed by atoms with Crippen LogP contribution in [0.15, 0.2) is 40.9 Å². The first-order chi connectivity index (χ1) is 9.18. The summed E-state index contributed by atoms with van der Waals surface area (Å²) in [5, 5.41) is 12.9. The van der Waals surface area contributed by atoms with E-state index in [0.29, 0.717) is 5.92 Å². The lowest BCUT2D eigenvalue weighted by atomic mass is 9.92. The third kappa shape index (κ3) is 2.31. The number of fused-ring (bicyclic) bond motifs is 1. The maximum absolute atomic E-state index is 10.6. The number of ether oxygens (including phenoxy) is 1. The van der Waals surface area contributed by atoms with Crippen molar-refractivity contribution in [2.24, 2.45) is 5.92 Å². The second-order valence-corrected chi connectivity index (χ2v) is 6.08. The van der Waals surface area contributed by atoms with Gasteiger partial charge in [0.2, 0.25) is 0 Å². The summed E-state index contributed by atoms with van der Waals surface area (Å²) >= 11 is 3.56. The minimum absolute atomic E-state index is 0.0930. The molecule has 19 heavy (non-hydrogen) atoms. The van der Waals surface area contributed by atoms with Crippen LogP contribution in [0.1, 0.15) is 25.0 Å². The number of halogens is 1. The first kappa shape index (κ1) is 13.1. The van der Waals surface area contributed by atoms with Gasteiger partial charge in [0.25, 0.3) is 0 Å². The second-order valence-electron chi connectivity index (χ2n) is 5.23. The lowest BCUT2D eigenvalue weighted by Crippen LogP contribution is -2.23. The summed E-state index contributed by atoms with van der Waals surface area (Å²) in [7, 11) is 0. The molecule has 0 radical (unpaired) electrons. The molecule has 1 aliphatic rings. The van der Waals surface area contributed by atoms with Gasteiger partial charge in [-0.25, -0.2) is 0 Å². The molecule has 2 aromatic carbocycles. The quantitative estimate of drug-likeness (QED) is 0.904. The molecule has 0 aromatic heterocycles. The molecule has 0 bridgehead atoms. The molecule has 3 atom stereocenters. The van der Waals surface area contributed by atoms with Crippen molar-refractivity contribution in [1.82, 2.24) is 0 Å². The van der Waals surface area contributed by atoms with Crippen LogP contribution >= 0.6 is 15.9 Å². The minimum atomic E-state index is -0.560. The van der Waals surface area contributed by atoms with E-state index in [9.17, 15) is 5.11 Å². The largest absolute Gasteiger partial charge is 0.386 e. The normalized spacial score (nSPS) is 24.8. The number of hydrogen-bond donors (Lipinski definition) is 1. The first-order valence-electron chi connectivity index (χ1n) is 6.65. The summed E-state index contributed by atoms with van der Waals surface area (Å²) in [4.78, 5) is 0. The molecule has 1 N–H and O–H groups in total. The van der Waals surface area contributed by atoms with Crippen LogP contribution in [0, 0.1) is 5.92 Å². The zero-order valence-corrected chi connectivity index (χ0v) is 12.4. The van der Waals surface area contributed by atoms with Gasteiger partial charge in [-0.05, 0) is 34.7 Å². The van der Waals surface area contributed by atoms with E-state index in [2.05, 4.69) is 35.0 Å². The zero-order chi connectivity index (χ0) is 13.4. The van der Waals surface area contributed by atoms with Crippen molar-refractivity contribution in [1.29, 1.82) is 0 Å². The van der Waals surface area contributed by atoms with Crippen LogP contribution in [0.5, 0.6) is 0 Å². The summed E-state index contributed by atoms with van der Waals surface area (Å²) in [6, 6.07) is 12.1. The highest BCUT2D eigenvalue weighted by atomic mass is 79.9. The highest BCUT2D eigenvalue weighted by molar-refractivity contribution is 9.10. The topological polar surface area (TPSA) is 29.5 Å². The third-order valence-electron chi connectivity index (χ3n) is 3.98. The van der Waals surface area contributed by atoms with E-state index in [0.717, 1.165) is 33.8 Å². The number of rotatable bonds is 2. The van der Waals surface area contributed by atoms with E-state index in [4.69, 9.17) is 4.74 Å². The van der Waals surface area contributed by atoms with Crippen molar-refractivity contribution in [3.63, 3.8) is 0 Å². The highest BCUT2D eigenvalue weighted by Gasteiger charge is 2.32. The standard InChI is InChI=1S/C16H17BrO2/c1-10-8-9-19-16(10)15(18)13-6-7-14(17)12-5-3-2-4-11(12)13/h2-7,10,15-16,18H,8-9H2,1H3. The van der Waals surface area contributed by atoms with Crippen molar-refractivity contribution in [2.75, 3.05) is 6.61 Å². The Morgan fingerprint density at radius 1 is 1.21 bits per heavy atom. The molecule has 3 unspecified atom stereocenters. The van der Waals surface area contributed by atoms with Gasteiger partial charge in [-0.15, -0.1) is 0 Å². The maximum atomic E-state index is 10.6. The second kappa shape index (κ2) is 5.23. The van der Waals surface area contributed by atoms with Crippen LogP contribution < -0.4 is 0 Å². The van der Waals surface area contributed by atoms with Crippen LogP contribution in [0.4, 0.5) is 0 Å². The minimum Gasteiger partial charge on any atom is -0.386 e. The molecule has 100 valence electrons. The van der Waals surface area contributed by atoms with E-state index in [1.165, 1.54) is 0 Å². The molecular formula is C16H17BrO2. The molecule has 1 aliphatic heterocycles. The van der Waals surface area contributed by atoms with Gasteiger partial charge < -0.3 is 9.84 Å². The smallest absolute Gasteiger partial charge is 0.106 e. The van der Waals surface area contributed by atoms with E-state index in [1.807, 2.05) is 24.3 Å². The van der Waals surface area contributed by atoms with Crippen LogP contribution in [0.25, 0.3) is 10.8 Å².